The molecule has 0 bridgehead atoms. The van der Waals surface area contributed by atoms with Crippen molar-refractivity contribution in [3.8, 4) is 6.19 Å². The fourth-order valence-corrected chi connectivity index (χ4v) is 1.83. The first-order valence-electron chi connectivity index (χ1n) is 8.23. The second-order valence-electron chi connectivity index (χ2n) is 4.95. The number of aromatic nitrogens is 4. The highest BCUT2D eigenvalue weighted by molar-refractivity contribution is 7.80. The number of nitrogens with zero attached hydrogens (tertiary/aromatic N) is 7. The SMILES string of the molecule is CCOS(=O)(=O)[O-].CCn1cc[n+](C)c1.CCn1cc[n+](C)c1.N#CN=C=[N-]. The summed E-state index contributed by atoms with van der Waals surface area (Å²) < 4.78 is 40.3. The number of nitriles is 1. The largest absolute Gasteiger partial charge is 0.726 e. The van der Waals surface area contributed by atoms with Gasteiger partial charge >= 0.3 is 0 Å². The first-order chi connectivity index (χ1) is 13.1. The van der Waals surface area contributed by atoms with Gasteiger partial charge in [-0.2, -0.15) is 5.26 Å². The van der Waals surface area contributed by atoms with Gasteiger partial charge in [-0.05, 0) is 20.8 Å². The molecule has 2 heterocycles. The first-order valence-corrected chi connectivity index (χ1v) is 9.56. The molecule has 156 valence electrons. The predicted octanol–water partition coefficient (Wildman–Crippen LogP) is 0.359. The topological polar surface area (TPSA) is 142 Å². The monoisotopic (exact) mass is 413 g/mol. The van der Waals surface area contributed by atoms with Crippen LogP contribution < -0.4 is 9.13 Å². The summed E-state index contributed by atoms with van der Waals surface area (Å²) in [7, 11) is -0.384. The molecule has 2 rings (SSSR count). The van der Waals surface area contributed by atoms with E-state index in [4.69, 9.17) is 10.7 Å². The molecule has 2 aromatic rings. The third-order valence-electron chi connectivity index (χ3n) is 2.74. The number of aliphatic imine (C=N–C) groups is 1. The summed E-state index contributed by atoms with van der Waals surface area (Å²) in [5.41, 5.74) is 0. The van der Waals surface area contributed by atoms with E-state index >= 15 is 0 Å². The number of rotatable bonds is 4. The molecule has 0 saturated carbocycles. The van der Waals surface area contributed by atoms with E-state index in [1.54, 1.807) is 0 Å². The Bertz CT molecular complexity index is 806. The summed E-state index contributed by atoms with van der Waals surface area (Å²) >= 11 is 0. The molecule has 0 aliphatic heterocycles. The highest BCUT2D eigenvalue weighted by Gasteiger charge is 1.93. The van der Waals surface area contributed by atoms with E-state index in [-0.39, 0.29) is 6.61 Å². The summed E-state index contributed by atoms with van der Waals surface area (Å²) in [5, 5.41) is 14.9. The lowest BCUT2D eigenvalue weighted by molar-refractivity contribution is -0.671. The van der Waals surface area contributed by atoms with Crippen molar-refractivity contribution in [2.75, 3.05) is 6.61 Å². The molecule has 2 aromatic heterocycles. The fourth-order valence-electron chi connectivity index (χ4n) is 1.54. The van der Waals surface area contributed by atoms with Crippen LogP contribution in [0.4, 0.5) is 0 Å². The van der Waals surface area contributed by atoms with Crippen LogP contribution in [0.5, 0.6) is 0 Å². The van der Waals surface area contributed by atoms with Gasteiger partial charge in [-0.3, -0.25) is 4.18 Å². The van der Waals surface area contributed by atoms with Gasteiger partial charge in [0.2, 0.25) is 23.1 Å². The van der Waals surface area contributed by atoms with Crippen molar-refractivity contribution in [2.24, 2.45) is 19.1 Å². The molecule has 11 nitrogen and oxygen atoms in total. The minimum atomic E-state index is -4.42. The van der Waals surface area contributed by atoms with Gasteiger partial charge in [-0.15, -0.1) is 6.01 Å². The van der Waals surface area contributed by atoms with Crippen molar-refractivity contribution in [3.05, 3.63) is 42.9 Å². The number of hydrogen-bond donors (Lipinski definition) is 0. The van der Waals surface area contributed by atoms with Crippen molar-refractivity contribution in [1.82, 2.24) is 9.13 Å². The van der Waals surface area contributed by atoms with E-state index in [2.05, 4.69) is 57.2 Å². The third kappa shape index (κ3) is 18.0. The summed E-state index contributed by atoms with van der Waals surface area (Å²) in [6, 6.07) is 1.28. The number of aryl methyl sites for hydroxylation is 4. The zero-order valence-electron chi connectivity index (χ0n) is 16.8. The molecule has 0 fully saturated rings. The zero-order valence-corrected chi connectivity index (χ0v) is 17.6. The summed E-state index contributed by atoms with van der Waals surface area (Å²) in [6.45, 7) is 7.70. The molecule has 0 saturated heterocycles. The maximum Gasteiger partial charge on any atom is 0.243 e. The average molecular weight is 414 g/mol. The molecule has 0 aliphatic carbocycles. The van der Waals surface area contributed by atoms with Crippen molar-refractivity contribution in [2.45, 2.75) is 33.9 Å². The van der Waals surface area contributed by atoms with Crippen LogP contribution in [0.15, 0.2) is 42.4 Å². The first kappa shape index (κ1) is 27.4. The van der Waals surface area contributed by atoms with Crippen molar-refractivity contribution >= 4 is 16.4 Å². The van der Waals surface area contributed by atoms with Crippen LogP contribution in [0, 0.1) is 11.5 Å². The maximum absolute atomic E-state index is 9.45. The lowest BCUT2D eigenvalue weighted by Crippen LogP contribution is -2.23. The molecular weight excluding hydrogens is 386 g/mol. The normalized spacial score (nSPS) is 9.18. The zero-order chi connectivity index (χ0) is 22.0. The second kappa shape index (κ2) is 16.3. The molecule has 12 heteroatoms. The molecule has 28 heavy (non-hydrogen) atoms. The van der Waals surface area contributed by atoms with Gasteiger partial charge < -0.3 is 15.0 Å². The Morgan fingerprint density at radius 3 is 1.61 bits per heavy atom. The molecule has 0 spiro atoms. The van der Waals surface area contributed by atoms with E-state index < -0.39 is 10.4 Å². The highest BCUT2D eigenvalue weighted by Crippen LogP contribution is 1.81. The van der Waals surface area contributed by atoms with Crippen LogP contribution in [0.1, 0.15) is 20.8 Å². The Labute approximate surface area is 166 Å². The lowest BCUT2D eigenvalue weighted by Gasteiger charge is -2.02. The fraction of sp³-hybridized carbons (Fsp3) is 0.500. The van der Waals surface area contributed by atoms with Gasteiger partial charge in [0, 0.05) is 0 Å². The van der Waals surface area contributed by atoms with Crippen LogP contribution in [0.3, 0.4) is 0 Å². The summed E-state index contributed by atoms with van der Waals surface area (Å²) in [4.78, 5) is 2.58. The van der Waals surface area contributed by atoms with Gasteiger partial charge in [0.05, 0.1) is 40.0 Å². The highest BCUT2D eigenvalue weighted by atomic mass is 32.3. The van der Waals surface area contributed by atoms with Crippen LogP contribution in [-0.4, -0.2) is 34.7 Å². The third-order valence-corrected chi connectivity index (χ3v) is 3.26. The van der Waals surface area contributed by atoms with E-state index in [9.17, 15) is 13.0 Å². The van der Waals surface area contributed by atoms with Crippen LogP contribution >= 0.6 is 0 Å². The van der Waals surface area contributed by atoms with E-state index in [0.717, 1.165) is 13.1 Å². The summed E-state index contributed by atoms with van der Waals surface area (Å²) in [6.07, 6.45) is 13.6. The van der Waals surface area contributed by atoms with Gasteiger partial charge in [0.1, 0.15) is 24.8 Å². The Hall–Kier alpha value is -2.84. The molecule has 0 unspecified atom stereocenters. The van der Waals surface area contributed by atoms with Crippen LogP contribution in [0.25, 0.3) is 5.41 Å². The summed E-state index contributed by atoms with van der Waals surface area (Å²) in [5.74, 6) is 0. The molecule has 0 atom stereocenters. The molecule has 0 aliphatic rings. The Morgan fingerprint density at radius 1 is 1.11 bits per heavy atom. The van der Waals surface area contributed by atoms with Crippen LogP contribution in [0.2, 0.25) is 0 Å². The standard InChI is InChI=1S/2C6H11N2.C2N3.C2H6O4S/c2*1-3-8-5-4-7(2)6-8;3-1-5-2-4;1-2-6-7(3,4)5/h2*4-6H,3H2,1-2H3;;2H2,1H3,(H,3,4,5)/q2*+1;-1;/p-1. The minimum Gasteiger partial charge on any atom is -0.726 e. The average Bonchev–Trinajstić information content (AvgIpc) is 3.24. The van der Waals surface area contributed by atoms with E-state index in [0.29, 0.717) is 0 Å². The van der Waals surface area contributed by atoms with Gasteiger partial charge in [-0.25, -0.2) is 26.7 Å². The molecule has 0 N–H and O–H groups in total. The smallest absolute Gasteiger partial charge is 0.243 e. The number of hydrogen-bond acceptors (Lipinski definition) is 6. The second-order valence-corrected chi connectivity index (χ2v) is 6.00. The molecular formula is C16H27N7O4S. The van der Waals surface area contributed by atoms with Crippen molar-refractivity contribution in [3.63, 3.8) is 0 Å². The van der Waals surface area contributed by atoms with Crippen molar-refractivity contribution in [1.29, 1.82) is 5.26 Å². The van der Waals surface area contributed by atoms with Gasteiger partial charge in [0.15, 0.2) is 0 Å². The van der Waals surface area contributed by atoms with E-state index in [1.165, 1.54) is 19.1 Å². The minimum absolute atomic E-state index is 0.0914. The predicted molar refractivity (Wildman–Crippen MR) is 100 cm³/mol. The Balaban J connectivity index is 0. The molecule has 0 aromatic carbocycles. The number of imidazole rings is 2. The molecule has 0 amide bonds. The lowest BCUT2D eigenvalue weighted by atomic mass is 10.7. The van der Waals surface area contributed by atoms with Crippen LogP contribution in [-0.2, 0) is 41.8 Å². The quantitative estimate of drug-likeness (QED) is 0.234. The van der Waals surface area contributed by atoms with Gasteiger partial charge in [0.25, 0.3) is 0 Å². The van der Waals surface area contributed by atoms with Gasteiger partial charge in [-0.1, -0.05) is 0 Å². The Morgan fingerprint density at radius 2 is 1.54 bits per heavy atom. The van der Waals surface area contributed by atoms with E-state index in [1.807, 2.05) is 35.6 Å². The van der Waals surface area contributed by atoms with Crippen molar-refractivity contribution < 1.29 is 26.3 Å². The molecule has 0 radical (unpaired) electrons. The Kier molecular flexibility index (Phi) is 16.0. The maximum atomic E-state index is 9.45.